The van der Waals surface area contributed by atoms with E-state index < -0.39 is 8.32 Å². The maximum atomic E-state index is 6.35. The Morgan fingerprint density at radius 1 is 0.842 bits per heavy atom. The van der Waals surface area contributed by atoms with E-state index in [-0.39, 0.29) is 0 Å². The maximum Gasteiger partial charge on any atom is 0.192 e. The quantitative estimate of drug-likeness (QED) is 0.643. The average Bonchev–Trinajstić information content (AvgIpc) is 2.49. The van der Waals surface area contributed by atoms with Gasteiger partial charge in [0, 0.05) is 0 Å². The SMILES string of the molecule is CC[Si](CC)(CC)OCc1ccc2ccccc2c1. The number of hydrogen-bond donors (Lipinski definition) is 0. The highest BCUT2D eigenvalue weighted by atomic mass is 28.4. The molecule has 0 fully saturated rings. The van der Waals surface area contributed by atoms with Crippen LogP contribution in [0.5, 0.6) is 0 Å². The minimum absolute atomic E-state index is 0.770. The average molecular weight is 272 g/mol. The fourth-order valence-corrected chi connectivity index (χ4v) is 5.21. The standard InChI is InChI=1S/C17H24OSi/c1-4-19(5-2,6-3)18-14-15-11-12-16-9-7-8-10-17(16)13-15/h7-13H,4-6,14H2,1-3H3. The molecule has 0 aliphatic carbocycles. The summed E-state index contributed by atoms with van der Waals surface area (Å²) >= 11 is 0. The van der Waals surface area contributed by atoms with E-state index in [1.54, 1.807) is 0 Å². The lowest BCUT2D eigenvalue weighted by atomic mass is 10.1. The molecule has 1 nitrogen and oxygen atoms in total. The Morgan fingerprint density at radius 2 is 1.47 bits per heavy atom. The zero-order valence-electron chi connectivity index (χ0n) is 12.3. The third-order valence-electron chi connectivity index (χ3n) is 4.29. The van der Waals surface area contributed by atoms with E-state index in [0.29, 0.717) is 0 Å². The van der Waals surface area contributed by atoms with Gasteiger partial charge in [-0.25, -0.2) is 0 Å². The first-order valence-corrected chi connectivity index (χ1v) is 9.87. The van der Waals surface area contributed by atoms with Crippen LogP contribution in [0.3, 0.4) is 0 Å². The molecule has 102 valence electrons. The van der Waals surface area contributed by atoms with Crippen molar-refractivity contribution >= 4 is 19.1 Å². The van der Waals surface area contributed by atoms with Gasteiger partial charge in [0.25, 0.3) is 0 Å². The molecule has 0 atom stereocenters. The van der Waals surface area contributed by atoms with E-state index in [2.05, 4.69) is 63.2 Å². The molecule has 0 amide bonds. The normalized spacial score (nSPS) is 11.9. The highest BCUT2D eigenvalue weighted by Gasteiger charge is 2.28. The van der Waals surface area contributed by atoms with E-state index in [0.717, 1.165) is 6.61 Å². The van der Waals surface area contributed by atoms with E-state index >= 15 is 0 Å². The molecular formula is C17H24OSi. The van der Waals surface area contributed by atoms with Crippen LogP contribution in [0, 0.1) is 0 Å². The van der Waals surface area contributed by atoms with E-state index in [1.807, 2.05) is 0 Å². The first-order chi connectivity index (χ1) is 9.23. The lowest BCUT2D eigenvalue weighted by Gasteiger charge is -2.28. The topological polar surface area (TPSA) is 9.23 Å². The van der Waals surface area contributed by atoms with Gasteiger partial charge in [-0.2, -0.15) is 0 Å². The first-order valence-electron chi connectivity index (χ1n) is 7.34. The Bertz CT molecular complexity index is 523. The monoisotopic (exact) mass is 272 g/mol. The highest BCUT2D eigenvalue weighted by molar-refractivity contribution is 6.73. The summed E-state index contributed by atoms with van der Waals surface area (Å²) in [6, 6.07) is 18.8. The maximum absolute atomic E-state index is 6.35. The molecule has 0 aliphatic rings. The third kappa shape index (κ3) is 3.25. The molecule has 2 aromatic carbocycles. The van der Waals surface area contributed by atoms with Gasteiger partial charge < -0.3 is 4.43 Å². The molecule has 2 aromatic rings. The molecule has 0 saturated carbocycles. The summed E-state index contributed by atoms with van der Waals surface area (Å²) in [5.74, 6) is 0. The van der Waals surface area contributed by atoms with Crippen LogP contribution in [0.2, 0.25) is 18.1 Å². The zero-order chi connectivity index (χ0) is 13.7. The van der Waals surface area contributed by atoms with Gasteiger partial charge in [0.15, 0.2) is 8.32 Å². The van der Waals surface area contributed by atoms with Gasteiger partial charge in [-0.1, -0.05) is 57.2 Å². The van der Waals surface area contributed by atoms with Crippen LogP contribution >= 0.6 is 0 Å². The highest BCUT2D eigenvalue weighted by Crippen LogP contribution is 2.24. The molecule has 0 N–H and O–H groups in total. The van der Waals surface area contributed by atoms with Crippen LogP contribution in [-0.4, -0.2) is 8.32 Å². The molecule has 0 heterocycles. The van der Waals surface area contributed by atoms with Crippen LogP contribution in [0.1, 0.15) is 26.3 Å². The second-order valence-electron chi connectivity index (χ2n) is 5.21. The summed E-state index contributed by atoms with van der Waals surface area (Å²) in [5, 5.41) is 2.61. The Balaban J connectivity index is 2.13. The van der Waals surface area contributed by atoms with Crippen molar-refractivity contribution in [3.05, 3.63) is 48.0 Å². The third-order valence-corrected chi connectivity index (χ3v) is 8.91. The molecule has 0 aliphatic heterocycles. The van der Waals surface area contributed by atoms with Gasteiger partial charge in [-0.05, 0) is 40.5 Å². The number of rotatable bonds is 6. The molecule has 2 rings (SSSR count). The Morgan fingerprint density at radius 3 is 2.11 bits per heavy atom. The van der Waals surface area contributed by atoms with Crippen molar-refractivity contribution < 1.29 is 4.43 Å². The van der Waals surface area contributed by atoms with Crippen molar-refractivity contribution in [2.45, 2.75) is 45.5 Å². The second-order valence-corrected chi connectivity index (χ2v) is 9.99. The predicted molar refractivity (Wildman–Crippen MR) is 85.9 cm³/mol. The van der Waals surface area contributed by atoms with Crippen molar-refractivity contribution in [1.82, 2.24) is 0 Å². The molecule has 0 spiro atoms. The molecule has 0 bridgehead atoms. The molecule has 0 aromatic heterocycles. The van der Waals surface area contributed by atoms with Crippen LogP contribution in [0.15, 0.2) is 42.5 Å². The Hall–Kier alpha value is -1.12. The summed E-state index contributed by atoms with van der Waals surface area (Å²) in [4.78, 5) is 0. The molecule has 0 unspecified atom stereocenters. The molecule has 19 heavy (non-hydrogen) atoms. The summed E-state index contributed by atoms with van der Waals surface area (Å²) in [6.07, 6.45) is 0. The summed E-state index contributed by atoms with van der Waals surface area (Å²) in [6.45, 7) is 7.60. The van der Waals surface area contributed by atoms with Gasteiger partial charge in [0.05, 0.1) is 6.61 Å². The van der Waals surface area contributed by atoms with Crippen LogP contribution in [0.25, 0.3) is 10.8 Å². The molecule has 2 heteroatoms. The van der Waals surface area contributed by atoms with Crippen LogP contribution in [0.4, 0.5) is 0 Å². The molecule has 0 radical (unpaired) electrons. The van der Waals surface area contributed by atoms with Crippen molar-refractivity contribution in [1.29, 1.82) is 0 Å². The van der Waals surface area contributed by atoms with Gasteiger partial charge >= 0.3 is 0 Å². The van der Waals surface area contributed by atoms with Crippen molar-refractivity contribution in [3.63, 3.8) is 0 Å². The Labute approximate surface area is 117 Å². The van der Waals surface area contributed by atoms with Crippen LogP contribution < -0.4 is 0 Å². The number of fused-ring (bicyclic) bond motifs is 1. The number of benzene rings is 2. The van der Waals surface area contributed by atoms with Crippen molar-refractivity contribution in [3.8, 4) is 0 Å². The summed E-state index contributed by atoms with van der Waals surface area (Å²) in [5.41, 5.74) is 1.30. The molecular weight excluding hydrogens is 248 g/mol. The summed E-state index contributed by atoms with van der Waals surface area (Å²) < 4.78 is 6.35. The fourth-order valence-electron chi connectivity index (χ4n) is 2.62. The summed E-state index contributed by atoms with van der Waals surface area (Å²) in [7, 11) is -1.47. The van der Waals surface area contributed by atoms with Gasteiger partial charge in [-0.15, -0.1) is 0 Å². The second kappa shape index (κ2) is 6.35. The van der Waals surface area contributed by atoms with Crippen LogP contribution in [-0.2, 0) is 11.0 Å². The van der Waals surface area contributed by atoms with Crippen molar-refractivity contribution in [2.24, 2.45) is 0 Å². The van der Waals surface area contributed by atoms with Gasteiger partial charge in [0.2, 0.25) is 0 Å². The first kappa shape index (κ1) is 14.3. The zero-order valence-corrected chi connectivity index (χ0v) is 13.3. The van der Waals surface area contributed by atoms with Gasteiger partial charge in [-0.3, -0.25) is 0 Å². The Kier molecular flexibility index (Phi) is 4.78. The van der Waals surface area contributed by atoms with E-state index in [1.165, 1.54) is 34.5 Å². The molecule has 0 saturated heterocycles. The minimum atomic E-state index is -1.47. The smallest absolute Gasteiger partial charge is 0.192 e. The lowest BCUT2D eigenvalue weighted by molar-refractivity contribution is 0.287. The van der Waals surface area contributed by atoms with Gasteiger partial charge in [0.1, 0.15) is 0 Å². The predicted octanol–water partition coefficient (Wildman–Crippen LogP) is 5.36. The fraction of sp³-hybridized carbons (Fsp3) is 0.412. The van der Waals surface area contributed by atoms with Crippen molar-refractivity contribution in [2.75, 3.05) is 0 Å². The largest absolute Gasteiger partial charge is 0.413 e. The minimum Gasteiger partial charge on any atom is -0.413 e. The lowest BCUT2D eigenvalue weighted by Crippen LogP contribution is -2.35. The number of hydrogen-bond acceptors (Lipinski definition) is 1. The van der Waals surface area contributed by atoms with E-state index in [9.17, 15) is 0 Å². The van der Waals surface area contributed by atoms with E-state index in [4.69, 9.17) is 4.43 Å².